The number of ether oxygens (including phenoxy) is 1. The van der Waals surface area contributed by atoms with Gasteiger partial charge in [0, 0.05) is 28.2 Å². The summed E-state index contributed by atoms with van der Waals surface area (Å²) < 4.78 is 12.8. The first-order valence-corrected chi connectivity index (χ1v) is 21.7. The van der Waals surface area contributed by atoms with Crippen LogP contribution in [0.25, 0.3) is 88.6 Å². The van der Waals surface area contributed by atoms with Crippen molar-refractivity contribution in [2.75, 3.05) is 0 Å². The molecule has 0 spiro atoms. The minimum absolute atomic E-state index is 0.136. The van der Waals surface area contributed by atoms with Crippen LogP contribution in [0.3, 0.4) is 0 Å². The molecule has 3 nitrogen and oxygen atoms in total. The van der Waals surface area contributed by atoms with Gasteiger partial charge in [0.1, 0.15) is 17.9 Å². The van der Waals surface area contributed by atoms with Crippen LogP contribution in [0.15, 0.2) is 223 Å². The zero-order valence-corrected chi connectivity index (χ0v) is 34.5. The molecular weight excluding hydrogens is 767 g/mol. The van der Waals surface area contributed by atoms with Crippen LogP contribution in [0.2, 0.25) is 0 Å². The average Bonchev–Trinajstić information content (AvgIpc) is 3.81. The standard InChI is InChI=1S/C60H41NO2/c1-3-12-40(13-4-1)45-17-11-18-47(35-45)53(34-39-22-24-43(25-23-39)54-37-48-16-7-8-19-50(48)51-20-9-10-21-52(51)54)42-28-26-41(27-29-42)46-31-33-57-55(36-46)58-49(38-62-57)30-32-56-59(58)63-60(61-56)44-14-5-2-6-15-44/h1-33,35-37,53H,34,38H2. The summed E-state index contributed by atoms with van der Waals surface area (Å²) in [5.74, 6) is 1.61. The number of benzene rings is 10. The van der Waals surface area contributed by atoms with E-state index in [0.29, 0.717) is 12.5 Å². The smallest absolute Gasteiger partial charge is 0.227 e. The van der Waals surface area contributed by atoms with Crippen molar-refractivity contribution in [3.8, 4) is 61.7 Å². The molecule has 12 rings (SSSR count). The van der Waals surface area contributed by atoms with E-state index in [1.807, 2.05) is 36.4 Å². The largest absolute Gasteiger partial charge is 0.488 e. The molecule has 0 aliphatic carbocycles. The molecule has 1 aromatic heterocycles. The highest BCUT2D eigenvalue weighted by Gasteiger charge is 2.25. The molecule has 63 heavy (non-hydrogen) atoms. The van der Waals surface area contributed by atoms with Gasteiger partial charge in [-0.2, -0.15) is 0 Å². The van der Waals surface area contributed by atoms with Crippen LogP contribution in [0.5, 0.6) is 5.75 Å². The van der Waals surface area contributed by atoms with Crippen molar-refractivity contribution in [3.63, 3.8) is 0 Å². The van der Waals surface area contributed by atoms with E-state index in [1.54, 1.807) is 0 Å². The summed E-state index contributed by atoms with van der Waals surface area (Å²) in [6, 6.07) is 78.7. The molecule has 0 radical (unpaired) electrons. The van der Waals surface area contributed by atoms with Crippen molar-refractivity contribution in [2.24, 2.45) is 0 Å². The van der Waals surface area contributed by atoms with Crippen molar-refractivity contribution in [3.05, 3.63) is 241 Å². The van der Waals surface area contributed by atoms with E-state index in [-0.39, 0.29) is 5.92 Å². The maximum Gasteiger partial charge on any atom is 0.227 e. The Morgan fingerprint density at radius 1 is 0.444 bits per heavy atom. The molecule has 3 heteroatoms. The van der Waals surface area contributed by atoms with Gasteiger partial charge in [0.05, 0.1) is 0 Å². The summed E-state index contributed by atoms with van der Waals surface area (Å²) in [7, 11) is 0. The first-order valence-electron chi connectivity index (χ1n) is 21.7. The predicted octanol–water partition coefficient (Wildman–Crippen LogP) is 15.7. The molecule has 1 unspecified atom stereocenters. The molecule has 0 amide bonds. The van der Waals surface area contributed by atoms with Crippen LogP contribution in [-0.4, -0.2) is 4.98 Å². The Kier molecular flexibility index (Phi) is 9.04. The molecule has 0 fully saturated rings. The van der Waals surface area contributed by atoms with Gasteiger partial charge in [-0.3, -0.25) is 0 Å². The molecule has 0 N–H and O–H groups in total. The lowest BCUT2D eigenvalue weighted by atomic mass is 9.83. The fourth-order valence-electron chi connectivity index (χ4n) is 9.59. The third-order valence-electron chi connectivity index (χ3n) is 12.8. The van der Waals surface area contributed by atoms with Crippen molar-refractivity contribution in [1.29, 1.82) is 0 Å². The molecule has 11 aromatic rings. The number of nitrogens with zero attached hydrogens (tertiary/aromatic N) is 1. The van der Waals surface area contributed by atoms with E-state index < -0.39 is 0 Å². The molecular formula is C60H41NO2. The number of hydrogen-bond donors (Lipinski definition) is 0. The quantitative estimate of drug-likeness (QED) is 0.143. The monoisotopic (exact) mass is 807 g/mol. The van der Waals surface area contributed by atoms with E-state index >= 15 is 0 Å². The fraction of sp³-hybridized carbons (Fsp3) is 0.0500. The van der Waals surface area contributed by atoms with Gasteiger partial charge in [-0.05, 0) is 114 Å². The summed E-state index contributed by atoms with van der Waals surface area (Å²) in [6.45, 7) is 0.490. The summed E-state index contributed by atoms with van der Waals surface area (Å²) in [6.07, 6.45) is 0.863. The second kappa shape index (κ2) is 15.5. The van der Waals surface area contributed by atoms with E-state index in [0.717, 1.165) is 56.7 Å². The second-order valence-corrected chi connectivity index (χ2v) is 16.6. The molecule has 0 saturated carbocycles. The van der Waals surface area contributed by atoms with Gasteiger partial charge in [0.15, 0.2) is 5.58 Å². The molecule has 1 aliphatic heterocycles. The molecule has 1 aliphatic rings. The summed E-state index contributed by atoms with van der Waals surface area (Å²) in [5, 5.41) is 5.11. The van der Waals surface area contributed by atoms with Crippen molar-refractivity contribution in [1.82, 2.24) is 4.98 Å². The Morgan fingerprint density at radius 3 is 1.90 bits per heavy atom. The van der Waals surface area contributed by atoms with E-state index in [2.05, 4.69) is 182 Å². The van der Waals surface area contributed by atoms with Gasteiger partial charge in [-0.1, -0.05) is 182 Å². The Balaban J connectivity index is 0.898. The van der Waals surface area contributed by atoms with Gasteiger partial charge >= 0.3 is 0 Å². The Bertz CT molecular complexity index is 3460. The highest BCUT2D eigenvalue weighted by molar-refractivity contribution is 6.13. The number of oxazole rings is 1. The van der Waals surface area contributed by atoms with Crippen molar-refractivity contribution >= 4 is 32.6 Å². The van der Waals surface area contributed by atoms with Crippen LogP contribution in [0.1, 0.15) is 28.2 Å². The average molecular weight is 808 g/mol. The highest BCUT2D eigenvalue weighted by Crippen LogP contribution is 2.45. The number of aromatic nitrogens is 1. The van der Waals surface area contributed by atoms with Crippen LogP contribution in [0.4, 0.5) is 0 Å². The summed E-state index contributed by atoms with van der Waals surface area (Å²) in [5.41, 5.74) is 16.8. The van der Waals surface area contributed by atoms with Gasteiger partial charge in [-0.15, -0.1) is 0 Å². The maximum absolute atomic E-state index is 6.52. The van der Waals surface area contributed by atoms with E-state index in [1.165, 1.54) is 60.5 Å². The number of fused-ring (bicyclic) bond motifs is 8. The van der Waals surface area contributed by atoms with Gasteiger partial charge < -0.3 is 9.15 Å². The molecule has 0 saturated heterocycles. The fourth-order valence-corrected chi connectivity index (χ4v) is 9.59. The van der Waals surface area contributed by atoms with Crippen LogP contribution in [0, 0.1) is 0 Å². The minimum atomic E-state index is 0.136. The van der Waals surface area contributed by atoms with E-state index in [9.17, 15) is 0 Å². The van der Waals surface area contributed by atoms with Crippen LogP contribution < -0.4 is 4.74 Å². The van der Waals surface area contributed by atoms with Crippen molar-refractivity contribution in [2.45, 2.75) is 18.9 Å². The lowest BCUT2D eigenvalue weighted by Crippen LogP contribution is -2.06. The first kappa shape index (κ1) is 36.8. The van der Waals surface area contributed by atoms with Gasteiger partial charge in [0.2, 0.25) is 5.89 Å². The minimum Gasteiger partial charge on any atom is -0.488 e. The van der Waals surface area contributed by atoms with Gasteiger partial charge in [-0.25, -0.2) is 4.98 Å². The molecule has 10 aromatic carbocycles. The first-order chi connectivity index (χ1) is 31.2. The molecule has 298 valence electrons. The third-order valence-corrected chi connectivity index (χ3v) is 12.8. The predicted molar refractivity (Wildman–Crippen MR) is 259 cm³/mol. The maximum atomic E-state index is 6.52. The Labute approximate surface area is 366 Å². The molecule has 2 heterocycles. The summed E-state index contributed by atoms with van der Waals surface area (Å²) in [4.78, 5) is 4.88. The number of rotatable bonds is 8. The topological polar surface area (TPSA) is 35.3 Å². The van der Waals surface area contributed by atoms with E-state index in [4.69, 9.17) is 14.1 Å². The zero-order valence-electron chi connectivity index (χ0n) is 34.5. The lowest BCUT2D eigenvalue weighted by Gasteiger charge is -2.22. The van der Waals surface area contributed by atoms with Crippen LogP contribution in [-0.2, 0) is 13.0 Å². The second-order valence-electron chi connectivity index (χ2n) is 16.6. The number of hydrogen-bond acceptors (Lipinski definition) is 3. The SMILES string of the molecule is c1ccc(-c2cccc(C(Cc3ccc(-c4cc5ccccc5c5ccccc45)cc3)c3ccc(-c4ccc5c(c4)-c4c(ccc6nc(-c7ccccc7)oc46)CO5)cc3)c2)cc1. The highest BCUT2D eigenvalue weighted by atomic mass is 16.5. The van der Waals surface area contributed by atoms with Crippen LogP contribution >= 0.6 is 0 Å². The zero-order chi connectivity index (χ0) is 41.7. The lowest BCUT2D eigenvalue weighted by molar-refractivity contribution is 0.302. The summed E-state index contributed by atoms with van der Waals surface area (Å²) >= 11 is 0. The molecule has 0 bridgehead atoms. The Morgan fingerprint density at radius 2 is 1.10 bits per heavy atom. The Hall–Kier alpha value is -8.01. The van der Waals surface area contributed by atoms with Crippen molar-refractivity contribution < 1.29 is 9.15 Å². The third kappa shape index (κ3) is 6.75. The van der Waals surface area contributed by atoms with Gasteiger partial charge in [0.25, 0.3) is 0 Å². The normalized spacial score (nSPS) is 12.5. The molecule has 1 atom stereocenters.